The molecular weight excluding hydrogens is 980 g/mol. The first-order valence-corrected chi connectivity index (χ1v) is 20.5. The van der Waals surface area contributed by atoms with Crippen molar-refractivity contribution in [3.63, 3.8) is 0 Å². The minimum atomic E-state index is -4.49. The Kier molecular flexibility index (Phi) is 14.0. The minimum absolute atomic E-state index is 0.0730. The molecule has 8 heterocycles. The SMILES string of the molecule is CC(N)C(F)(F)F.C[C@@H](CC(=O)c1ncc2c(n1)N(C(=O)Nc1cc(Br)ccn1)[C@H]1CCN2C1)C(F)(F)F.O=C(O)c1ncc2c(n1)N(C(=O)Nc1cc(Br)ccn1)[C@H]1CCN2C1. The summed E-state index contributed by atoms with van der Waals surface area (Å²) in [4.78, 5) is 80.9. The predicted molar refractivity (Wildman–Crippen MR) is 223 cm³/mol. The molecule has 0 aliphatic carbocycles. The van der Waals surface area contributed by atoms with Crippen molar-refractivity contribution >= 4 is 90.3 Å². The number of alkyl halides is 6. The zero-order valence-electron chi connectivity index (χ0n) is 33.0. The number of nitrogens with zero attached hydrogens (tertiary/aromatic N) is 10. The molecule has 2 saturated heterocycles. The van der Waals surface area contributed by atoms with E-state index < -0.39 is 54.5 Å². The Morgan fingerprint density at radius 3 is 1.59 bits per heavy atom. The molecule has 4 atom stereocenters. The highest BCUT2D eigenvalue weighted by atomic mass is 79.9. The molecule has 4 bridgehead atoms. The molecule has 4 aromatic rings. The molecule has 2 fully saturated rings. The number of ketones is 1. The molecule has 5 N–H and O–H groups in total. The van der Waals surface area contributed by atoms with Crippen molar-refractivity contribution < 1.29 is 50.6 Å². The van der Waals surface area contributed by atoms with Gasteiger partial charge in [-0.05, 0) is 44.0 Å². The molecule has 0 radical (unpaired) electrons. The van der Waals surface area contributed by atoms with Crippen LogP contribution in [0.3, 0.4) is 0 Å². The number of urea groups is 2. The molecule has 8 rings (SSSR count). The number of carboxylic acids is 1. The Morgan fingerprint density at radius 2 is 1.19 bits per heavy atom. The Hall–Kier alpha value is -5.76. The predicted octanol–water partition coefficient (Wildman–Crippen LogP) is 6.90. The number of carboxylic acid groups (broad SMARTS) is 1. The summed E-state index contributed by atoms with van der Waals surface area (Å²) < 4.78 is 73.2. The fraction of sp³-hybridized carbons (Fsp3) is 0.405. The summed E-state index contributed by atoms with van der Waals surface area (Å²) >= 11 is 6.65. The van der Waals surface area contributed by atoms with Gasteiger partial charge in [0.1, 0.15) is 11.6 Å². The largest absolute Gasteiger partial charge is 0.475 e. The summed E-state index contributed by atoms with van der Waals surface area (Å²) in [7, 11) is 0. The summed E-state index contributed by atoms with van der Waals surface area (Å²) in [5.74, 6) is -3.30. The van der Waals surface area contributed by atoms with E-state index in [4.69, 9.17) is 5.11 Å². The number of carbonyl (C=O) groups excluding carboxylic acids is 3. The van der Waals surface area contributed by atoms with E-state index in [0.29, 0.717) is 54.9 Å². The van der Waals surface area contributed by atoms with E-state index in [0.717, 1.165) is 35.8 Å². The summed E-state index contributed by atoms with van der Waals surface area (Å²) in [6, 6.07) is 3.95. The maximum atomic E-state index is 13.1. The van der Waals surface area contributed by atoms with Crippen molar-refractivity contribution in [3.8, 4) is 0 Å². The van der Waals surface area contributed by atoms with Crippen LogP contribution >= 0.6 is 31.9 Å². The minimum Gasteiger partial charge on any atom is -0.475 e. The summed E-state index contributed by atoms with van der Waals surface area (Å²) in [6.07, 6.45) is -2.05. The number of nitrogens with one attached hydrogen (secondary N) is 2. The first kappa shape index (κ1) is 46.7. The summed E-state index contributed by atoms with van der Waals surface area (Å²) in [5, 5.41) is 14.6. The highest BCUT2D eigenvalue weighted by Crippen LogP contribution is 2.40. The van der Waals surface area contributed by atoms with Gasteiger partial charge in [0.25, 0.3) is 0 Å². The van der Waals surface area contributed by atoms with Crippen molar-refractivity contribution in [1.29, 1.82) is 0 Å². The van der Waals surface area contributed by atoms with Gasteiger partial charge in [-0.1, -0.05) is 38.8 Å². The molecular formula is C37H37Br2F6N13O5. The van der Waals surface area contributed by atoms with Gasteiger partial charge in [-0.2, -0.15) is 26.3 Å². The van der Waals surface area contributed by atoms with E-state index in [1.807, 2.05) is 4.90 Å². The first-order chi connectivity index (χ1) is 29.6. The fourth-order valence-electron chi connectivity index (χ4n) is 6.75. The van der Waals surface area contributed by atoms with Crippen LogP contribution in [-0.4, -0.2) is 115 Å². The highest BCUT2D eigenvalue weighted by Gasteiger charge is 2.43. The van der Waals surface area contributed by atoms with Gasteiger partial charge < -0.3 is 20.6 Å². The van der Waals surface area contributed by atoms with Crippen molar-refractivity contribution in [2.45, 2.75) is 63.6 Å². The second kappa shape index (κ2) is 18.9. The fourth-order valence-corrected chi connectivity index (χ4v) is 7.42. The zero-order chi connectivity index (χ0) is 46.0. The quantitative estimate of drug-likeness (QED) is 0.114. The van der Waals surface area contributed by atoms with Crippen LogP contribution in [0, 0.1) is 5.92 Å². The number of carbonyl (C=O) groups is 4. The molecule has 4 amide bonds. The number of halogens is 8. The lowest BCUT2D eigenvalue weighted by atomic mass is 10.0. The van der Waals surface area contributed by atoms with Crippen LogP contribution in [0.15, 0.2) is 58.0 Å². The van der Waals surface area contributed by atoms with E-state index in [1.165, 1.54) is 28.4 Å². The maximum absolute atomic E-state index is 13.1. The number of amides is 4. The standard InChI is InChI=1S/C19H18BrF3N6O2.C15H13BrN6O3.C3H6F3N/c1-10(19(21,22)23)6-14(30)16-25-8-13-17(27-16)29(12-3-5-28(13)9-12)18(31)26-15-7-11(20)2-4-24-15;16-8-1-3-17-11(5-8)19-15(25)22-9-2-4-21(7-9)10-6-18-12(14(23)24)20-13(10)22;1-2(7)3(4,5)6/h2,4,7-8,10,12H,3,5-6,9H2,1H3,(H,24,26,31);1,3,5-6,9H,2,4,7H2,(H,23,24)(H,17,19,25);2H,7H2,1H3/t10-,12-;9-;/m00./s1. The van der Waals surface area contributed by atoms with E-state index in [-0.39, 0.29) is 29.6 Å². The molecule has 0 aromatic carbocycles. The zero-order valence-corrected chi connectivity index (χ0v) is 36.2. The normalized spacial score (nSPS) is 18.1. The van der Waals surface area contributed by atoms with Crippen molar-refractivity contribution in [2.24, 2.45) is 11.7 Å². The number of aromatic carboxylic acids is 1. The van der Waals surface area contributed by atoms with Gasteiger partial charge in [-0.25, -0.2) is 44.3 Å². The molecule has 18 nitrogen and oxygen atoms in total. The summed E-state index contributed by atoms with van der Waals surface area (Å²) in [5.41, 5.74) is 5.67. The molecule has 26 heteroatoms. The van der Waals surface area contributed by atoms with Crippen LogP contribution < -0.4 is 36.0 Å². The van der Waals surface area contributed by atoms with Crippen LogP contribution in [0.2, 0.25) is 0 Å². The molecule has 336 valence electrons. The molecule has 63 heavy (non-hydrogen) atoms. The average Bonchev–Trinajstić information content (AvgIpc) is 3.82. The van der Waals surface area contributed by atoms with Gasteiger partial charge in [0.15, 0.2) is 17.5 Å². The first-order valence-electron chi connectivity index (χ1n) is 18.9. The smallest absolute Gasteiger partial charge is 0.403 e. The molecule has 4 aromatic heterocycles. The van der Waals surface area contributed by atoms with E-state index in [9.17, 15) is 45.5 Å². The molecule has 1 unspecified atom stereocenters. The van der Waals surface area contributed by atoms with Crippen molar-refractivity contribution in [1.82, 2.24) is 29.9 Å². The average molecular weight is 1020 g/mol. The lowest BCUT2D eigenvalue weighted by Gasteiger charge is -2.35. The summed E-state index contributed by atoms with van der Waals surface area (Å²) in [6.45, 7) is 4.54. The number of fused-ring (bicyclic) bond motifs is 8. The third-order valence-electron chi connectivity index (χ3n) is 10.1. The van der Waals surface area contributed by atoms with E-state index >= 15 is 0 Å². The van der Waals surface area contributed by atoms with Gasteiger partial charge in [0.05, 0.1) is 47.8 Å². The lowest BCUT2D eigenvalue weighted by Crippen LogP contribution is -2.48. The Labute approximate surface area is 370 Å². The molecule has 0 spiro atoms. The lowest BCUT2D eigenvalue weighted by molar-refractivity contribution is -0.168. The number of anilines is 6. The number of hydrogen-bond acceptors (Lipinski definition) is 13. The number of aromatic nitrogens is 6. The van der Waals surface area contributed by atoms with Crippen molar-refractivity contribution in [3.05, 3.63) is 69.6 Å². The van der Waals surface area contributed by atoms with Gasteiger partial charge in [0, 0.05) is 53.9 Å². The topological polar surface area (TPSA) is 229 Å². The van der Waals surface area contributed by atoms with Crippen LogP contribution in [-0.2, 0) is 0 Å². The van der Waals surface area contributed by atoms with Crippen LogP contribution in [0.25, 0.3) is 0 Å². The number of rotatable bonds is 6. The van der Waals surface area contributed by atoms with E-state index in [2.05, 4.69) is 83.0 Å². The van der Waals surface area contributed by atoms with E-state index in [1.54, 1.807) is 30.5 Å². The molecule has 4 aliphatic rings. The second-order valence-corrected chi connectivity index (χ2v) is 16.4. The Morgan fingerprint density at radius 1 is 0.762 bits per heavy atom. The third-order valence-corrected chi connectivity index (χ3v) is 11.0. The highest BCUT2D eigenvalue weighted by molar-refractivity contribution is 9.10. The van der Waals surface area contributed by atoms with Gasteiger partial charge in [-0.15, -0.1) is 0 Å². The van der Waals surface area contributed by atoms with Gasteiger partial charge >= 0.3 is 30.4 Å². The molecule has 0 saturated carbocycles. The second-order valence-electron chi connectivity index (χ2n) is 14.6. The number of pyridine rings is 2. The molecule has 4 aliphatic heterocycles. The monoisotopic (exact) mass is 1020 g/mol. The van der Waals surface area contributed by atoms with Crippen molar-refractivity contribution in [2.75, 3.05) is 56.4 Å². The van der Waals surface area contributed by atoms with Gasteiger partial charge in [0.2, 0.25) is 11.6 Å². The number of hydrogen-bond donors (Lipinski definition) is 4. The van der Waals surface area contributed by atoms with Crippen LogP contribution in [0.5, 0.6) is 0 Å². The third kappa shape index (κ3) is 11.1. The Bertz CT molecular complexity index is 2380. The van der Waals surface area contributed by atoms with Crippen LogP contribution in [0.4, 0.5) is 70.6 Å². The van der Waals surface area contributed by atoms with Gasteiger partial charge in [-0.3, -0.25) is 25.2 Å². The number of Topliss-reactive ketones (excluding diaryl/α,β-unsaturated/α-hetero) is 1. The number of nitrogens with two attached hydrogens (primary N) is 1. The maximum Gasteiger partial charge on any atom is 0.403 e. The van der Waals surface area contributed by atoms with Crippen LogP contribution in [0.1, 0.15) is 54.3 Å². The Balaban J connectivity index is 0.000000185.